The molecule has 0 amide bonds. The van der Waals surface area contributed by atoms with Crippen LogP contribution in [0.5, 0.6) is 0 Å². The summed E-state index contributed by atoms with van der Waals surface area (Å²) >= 11 is 0. The van der Waals surface area contributed by atoms with E-state index in [-0.39, 0.29) is 0 Å². The van der Waals surface area contributed by atoms with Crippen molar-refractivity contribution in [2.24, 2.45) is 5.73 Å². The Morgan fingerprint density at radius 2 is 2.00 bits per heavy atom. The molecular formula is C6H19NO3P2. The van der Waals surface area contributed by atoms with Crippen molar-refractivity contribution < 1.29 is 14.7 Å². The molecule has 0 aliphatic heterocycles. The molecule has 0 rings (SSSR count). The van der Waals surface area contributed by atoms with Crippen LogP contribution in [0.2, 0.25) is 0 Å². The Balaban J connectivity index is 4.24. The number of hydrogen-bond acceptors (Lipinski definition) is 4. The van der Waals surface area contributed by atoms with Crippen LogP contribution in [0.15, 0.2) is 0 Å². The third-order valence-electron chi connectivity index (χ3n) is 2.17. The van der Waals surface area contributed by atoms with E-state index in [9.17, 15) is 9.79 Å². The Kier molecular flexibility index (Phi) is 5.08. The summed E-state index contributed by atoms with van der Waals surface area (Å²) in [7, 11) is -3.67. The monoisotopic (exact) mass is 215 g/mol. The Labute approximate surface area is 75.5 Å². The summed E-state index contributed by atoms with van der Waals surface area (Å²) in [6, 6.07) is 0. The van der Waals surface area contributed by atoms with Gasteiger partial charge in [-0.05, 0) is 0 Å². The molecule has 0 fully saturated rings. The molecule has 76 valence electrons. The third kappa shape index (κ3) is 3.21. The Hall–Kier alpha value is 0.700. The number of rotatable bonds is 5. The Bertz CT molecular complexity index is 139. The molecule has 0 heterocycles. The van der Waals surface area contributed by atoms with Crippen molar-refractivity contribution in [1.29, 1.82) is 0 Å². The molecule has 2 unspecified atom stereocenters. The van der Waals surface area contributed by atoms with Gasteiger partial charge >= 0.3 is 74.8 Å². The standard InChI is InChI=1S/C6H19NO3P2/c1-6(11-8,4-3-5-7)12(2,9)10/h8-12H,3-5,7H2,1-2H3. The van der Waals surface area contributed by atoms with Gasteiger partial charge in [0.15, 0.2) is 0 Å². The van der Waals surface area contributed by atoms with E-state index in [0.717, 1.165) is 0 Å². The van der Waals surface area contributed by atoms with E-state index in [1.807, 2.05) is 0 Å². The summed E-state index contributed by atoms with van der Waals surface area (Å²) in [6.45, 7) is 3.64. The normalized spacial score (nSPS) is 19.8. The summed E-state index contributed by atoms with van der Waals surface area (Å²) in [6.07, 6.45) is 1.29. The van der Waals surface area contributed by atoms with E-state index in [2.05, 4.69) is 0 Å². The molecule has 0 aromatic carbocycles. The zero-order valence-corrected chi connectivity index (χ0v) is 9.54. The third-order valence-corrected chi connectivity index (χ3v) is 7.01. The van der Waals surface area contributed by atoms with Crippen molar-refractivity contribution in [3.05, 3.63) is 0 Å². The molecule has 0 aromatic rings. The van der Waals surface area contributed by atoms with Crippen LogP contribution in [-0.4, -0.2) is 32.8 Å². The fourth-order valence-electron chi connectivity index (χ4n) is 0.854. The first-order chi connectivity index (χ1) is 5.37. The Morgan fingerprint density at radius 3 is 2.25 bits per heavy atom. The van der Waals surface area contributed by atoms with Gasteiger partial charge in [-0.2, -0.15) is 0 Å². The molecule has 6 heteroatoms. The van der Waals surface area contributed by atoms with Crippen molar-refractivity contribution in [2.45, 2.75) is 24.7 Å². The van der Waals surface area contributed by atoms with Gasteiger partial charge in [-0.3, -0.25) is 0 Å². The van der Waals surface area contributed by atoms with Crippen molar-refractivity contribution in [3.63, 3.8) is 0 Å². The first-order valence-corrected chi connectivity index (χ1v) is 7.27. The topological polar surface area (TPSA) is 86.7 Å². The molecule has 0 bridgehead atoms. The van der Waals surface area contributed by atoms with Crippen LogP contribution >= 0.6 is 16.5 Å². The average molecular weight is 215 g/mol. The van der Waals surface area contributed by atoms with Crippen LogP contribution in [0, 0.1) is 0 Å². The van der Waals surface area contributed by atoms with Gasteiger partial charge in [0.25, 0.3) is 0 Å². The van der Waals surface area contributed by atoms with Gasteiger partial charge < -0.3 is 0 Å². The predicted molar refractivity (Wildman–Crippen MR) is 55.9 cm³/mol. The fourth-order valence-corrected chi connectivity index (χ4v) is 2.64. The van der Waals surface area contributed by atoms with Crippen LogP contribution in [-0.2, 0) is 0 Å². The Morgan fingerprint density at radius 1 is 1.50 bits per heavy atom. The second-order valence-corrected chi connectivity index (χ2v) is 8.33. The van der Waals surface area contributed by atoms with E-state index in [0.29, 0.717) is 19.4 Å². The molecule has 2 atom stereocenters. The second-order valence-electron chi connectivity index (χ2n) is 3.36. The van der Waals surface area contributed by atoms with E-state index in [1.165, 1.54) is 6.66 Å². The first-order valence-electron chi connectivity index (χ1n) is 3.93. The van der Waals surface area contributed by atoms with Gasteiger partial charge in [-0.15, -0.1) is 0 Å². The fraction of sp³-hybridized carbons (Fsp3) is 1.00. The molecule has 0 aliphatic carbocycles. The van der Waals surface area contributed by atoms with Gasteiger partial charge in [0, 0.05) is 0 Å². The zero-order chi connectivity index (χ0) is 9.83. The van der Waals surface area contributed by atoms with Crippen LogP contribution in [0.3, 0.4) is 0 Å². The second kappa shape index (κ2) is 4.80. The van der Waals surface area contributed by atoms with Gasteiger partial charge in [0.1, 0.15) is 0 Å². The minimum atomic E-state index is -3.24. The predicted octanol–water partition coefficient (Wildman–Crippen LogP) is 0.222. The minimum absolute atomic E-state index is 0.431. The van der Waals surface area contributed by atoms with Gasteiger partial charge in [0.05, 0.1) is 0 Å². The van der Waals surface area contributed by atoms with E-state index in [4.69, 9.17) is 10.6 Å². The van der Waals surface area contributed by atoms with Crippen LogP contribution < -0.4 is 5.73 Å². The molecule has 0 saturated heterocycles. The van der Waals surface area contributed by atoms with E-state index < -0.39 is 21.4 Å². The van der Waals surface area contributed by atoms with Crippen LogP contribution in [0.25, 0.3) is 0 Å². The molecule has 12 heavy (non-hydrogen) atoms. The first kappa shape index (κ1) is 12.7. The van der Waals surface area contributed by atoms with Crippen molar-refractivity contribution in [3.8, 4) is 0 Å². The summed E-state index contributed by atoms with van der Waals surface area (Å²) in [4.78, 5) is 27.3. The summed E-state index contributed by atoms with van der Waals surface area (Å²) in [5.74, 6) is 0. The van der Waals surface area contributed by atoms with E-state index >= 15 is 0 Å². The summed E-state index contributed by atoms with van der Waals surface area (Å²) in [5, 5.41) is 0. The maximum atomic E-state index is 9.46. The number of nitrogens with two attached hydrogens (primary N) is 1. The molecule has 4 nitrogen and oxygen atoms in total. The SMILES string of the molecule is CC(CCCN)(PO)[PH](C)(O)O. The quantitative estimate of drug-likeness (QED) is 0.494. The van der Waals surface area contributed by atoms with E-state index in [1.54, 1.807) is 6.92 Å². The van der Waals surface area contributed by atoms with Gasteiger partial charge in [0.2, 0.25) is 0 Å². The molecule has 0 aromatic heterocycles. The van der Waals surface area contributed by atoms with Crippen LogP contribution in [0.1, 0.15) is 19.8 Å². The molecule has 0 spiro atoms. The molecule has 0 aliphatic rings. The van der Waals surface area contributed by atoms with Crippen molar-refractivity contribution in [2.75, 3.05) is 13.2 Å². The molecular weight excluding hydrogens is 196 g/mol. The summed E-state index contributed by atoms with van der Waals surface area (Å²) < 4.78 is 0. The zero-order valence-electron chi connectivity index (χ0n) is 7.54. The van der Waals surface area contributed by atoms with Crippen molar-refractivity contribution in [1.82, 2.24) is 0 Å². The maximum absolute atomic E-state index is 9.46. The van der Waals surface area contributed by atoms with Gasteiger partial charge in [-0.1, -0.05) is 0 Å². The number of hydrogen-bond donors (Lipinski definition) is 4. The molecule has 0 radical (unpaired) electrons. The van der Waals surface area contributed by atoms with Crippen molar-refractivity contribution >= 4 is 16.5 Å². The molecule has 0 saturated carbocycles. The van der Waals surface area contributed by atoms with Crippen LogP contribution in [0.4, 0.5) is 0 Å². The van der Waals surface area contributed by atoms with Gasteiger partial charge in [-0.25, -0.2) is 0 Å². The average Bonchev–Trinajstić information content (AvgIpc) is 1.98. The summed E-state index contributed by atoms with van der Waals surface area (Å²) in [5.41, 5.74) is 5.31. The molecule has 5 N–H and O–H groups in total.